The second kappa shape index (κ2) is 6.96. The summed E-state index contributed by atoms with van der Waals surface area (Å²) in [6.07, 6.45) is 5.37. The number of rotatable bonds is 7. The highest BCUT2D eigenvalue weighted by molar-refractivity contribution is 5.21. The van der Waals surface area contributed by atoms with Gasteiger partial charge in [0.15, 0.2) is 0 Å². The second-order valence-corrected chi connectivity index (χ2v) is 5.58. The fourth-order valence-corrected chi connectivity index (χ4v) is 3.03. The average molecular weight is 288 g/mol. The van der Waals surface area contributed by atoms with Crippen LogP contribution >= 0.6 is 0 Å². The minimum absolute atomic E-state index is 0.401. The van der Waals surface area contributed by atoms with Crippen molar-refractivity contribution in [2.24, 2.45) is 0 Å². The van der Waals surface area contributed by atoms with Crippen molar-refractivity contribution in [3.63, 3.8) is 0 Å². The van der Waals surface area contributed by atoms with Crippen molar-refractivity contribution >= 4 is 0 Å². The van der Waals surface area contributed by atoms with Gasteiger partial charge in [-0.3, -0.25) is 0 Å². The van der Waals surface area contributed by atoms with Crippen LogP contribution in [0.2, 0.25) is 0 Å². The van der Waals surface area contributed by atoms with E-state index >= 15 is 0 Å². The number of nitrogens with zero attached hydrogens (tertiary/aromatic N) is 1. The Kier molecular flexibility index (Phi) is 4.78. The summed E-state index contributed by atoms with van der Waals surface area (Å²) in [7, 11) is 0. The van der Waals surface area contributed by atoms with Crippen LogP contribution in [0.4, 0.5) is 0 Å². The number of hydrogen-bond acceptors (Lipinski definition) is 3. The molecule has 1 N–H and O–H groups in total. The molecule has 21 heavy (non-hydrogen) atoms. The molecule has 3 rings (SSSR count). The van der Waals surface area contributed by atoms with Gasteiger partial charge in [-0.15, -0.1) is 0 Å². The normalized spacial score (nSPS) is 18.4. The zero-order valence-electron chi connectivity index (χ0n) is 12.7. The molecule has 4 heteroatoms. The van der Waals surface area contributed by atoms with Crippen molar-refractivity contribution in [2.75, 3.05) is 13.2 Å². The first kappa shape index (κ1) is 14.4. The molecule has 0 aromatic carbocycles. The van der Waals surface area contributed by atoms with E-state index in [1.54, 1.807) is 6.26 Å². The van der Waals surface area contributed by atoms with Gasteiger partial charge in [-0.05, 0) is 44.0 Å². The van der Waals surface area contributed by atoms with E-state index in [4.69, 9.17) is 9.15 Å². The molecule has 0 bridgehead atoms. The molecule has 0 aliphatic carbocycles. The largest absolute Gasteiger partial charge is 0.469 e. The number of aromatic nitrogens is 1. The van der Waals surface area contributed by atoms with Crippen LogP contribution in [0.5, 0.6) is 0 Å². The maximum Gasteiger partial charge on any atom is 0.109 e. The van der Waals surface area contributed by atoms with Crippen molar-refractivity contribution in [3.05, 3.63) is 47.7 Å². The van der Waals surface area contributed by atoms with Gasteiger partial charge in [0.05, 0.1) is 12.4 Å². The monoisotopic (exact) mass is 288 g/mol. The van der Waals surface area contributed by atoms with Crippen molar-refractivity contribution in [3.8, 4) is 0 Å². The van der Waals surface area contributed by atoms with Crippen LogP contribution in [-0.2, 0) is 24.2 Å². The molecule has 2 aromatic heterocycles. The molecule has 0 radical (unpaired) electrons. The Morgan fingerprint density at radius 1 is 1.29 bits per heavy atom. The van der Waals surface area contributed by atoms with Gasteiger partial charge in [-0.2, -0.15) is 0 Å². The Morgan fingerprint density at radius 2 is 2.19 bits per heavy atom. The van der Waals surface area contributed by atoms with E-state index in [-0.39, 0.29) is 0 Å². The Morgan fingerprint density at radius 3 is 2.90 bits per heavy atom. The molecular weight excluding hydrogens is 264 g/mol. The first-order chi connectivity index (χ1) is 10.4. The lowest BCUT2D eigenvalue weighted by Gasteiger charge is -2.13. The second-order valence-electron chi connectivity index (χ2n) is 5.58. The molecule has 0 unspecified atom stereocenters. The Balaban J connectivity index is 1.58. The van der Waals surface area contributed by atoms with Gasteiger partial charge in [0.25, 0.3) is 0 Å². The molecular formula is C17H24N2O2. The van der Waals surface area contributed by atoms with Crippen molar-refractivity contribution in [2.45, 2.75) is 45.4 Å². The first-order valence-corrected chi connectivity index (χ1v) is 7.89. The maximum atomic E-state index is 5.64. The lowest BCUT2D eigenvalue weighted by atomic mass is 10.2. The highest BCUT2D eigenvalue weighted by atomic mass is 16.5. The summed E-state index contributed by atoms with van der Waals surface area (Å²) in [6.45, 7) is 5.94. The van der Waals surface area contributed by atoms with Crippen LogP contribution in [0.1, 0.15) is 36.9 Å². The van der Waals surface area contributed by atoms with E-state index in [0.717, 1.165) is 38.4 Å². The predicted molar refractivity (Wildman–Crippen MR) is 82.3 cm³/mol. The van der Waals surface area contributed by atoms with Gasteiger partial charge in [0.2, 0.25) is 0 Å². The van der Waals surface area contributed by atoms with Crippen LogP contribution in [0.15, 0.2) is 34.9 Å². The zero-order valence-corrected chi connectivity index (χ0v) is 12.7. The summed E-state index contributed by atoms with van der Waals surface area (Å²) < 4.78 is 13.5. The van der Waals surface area contributed by atoms with E-state index in [0.29, 0.717) is 6.10 Å². The fraction of sp³-hybridized carbons (Fsp3) is 0.529. The predicted octanol–water partition coefficient (Wildman–Crippen LogP) is 2.96. The number of nitrogens with one attached hydrogen (secondary N) is 1. The van der Waals surface area contributed by atoms with Crippen LogP contribution in [0.3, 0.4) is 0 Å². The first-order valence-electron chi connectivity index (χ1n) is 7.89. The Hall–Kier alpha value is -1.52. The number of ether oxygens (including phenoxy) is 1. The highest BCUT2D eigenvalue weighted by Crippen LogP contribution is 2.15. The van der Waals surface area contributed by atoms with E-state index in [9.17, 15) is 0 Å². The molecule has 114 valence electrons. The maximum absolute atomic E-state index is 5.64. The van der Waals surface area contributed by atoms with Gasteiger partial charge >= 0.3 is 0 Å². The van der Waals surface area contributed by atoms with Gasteiger partial charge in [-0.1, -0.05) is 0 Å². The van der Waals surface area contributed by atoms with Crippen LogP contribution in [0.25, 0.3) is 0 Å². The minimum Gasteiger partial charge on any atom is -0.469 e. The van der Waals surface area contributed by atoms with Gasteiger partial charge in [0, 0.05) is 44.0 Å². The molecule has 1 saturated heterocycles. The minimum atomic E-state index is 0.401. The quantitative estimate of drug-likeness (QED) is 0.851. The molecule has 2 aromatic rings. The Labute approximate surface area is 126 Å². The average Bonchev–Trinajstić information content (AvgIpc) is 3.22. The van der Waals surface area contributed by atoms with E-state index in [1.165, 1.54) is 24.2 Å². The Bertz CT molecular complexity index is 539. The third-order valence-corrected chi connectivity index (χ3v) is 4.12. The smallest absolute Gasteiger partial charge is 0.109 e. The molecule has 0 saturated carbocycles. The lowest BCUT2D eigenvalue weighted by molar-refractivity contribution is 0.110. The molecule has 1 atom stereocenters. The summed E-state index contributed by atoms with van der Waals surface area (Å²) in [4.78, 5) is 0. The summed E-state index contributed by atoms with van der Waals surface area (Å²) in [5.41, 5.74) is 2.64. The standard InChI is InChI=1S/C17H24N2O2/c1-2-19-14(11-16-5-3-9-20-16)7-8-15(19)12-18-13-17-6-4-10-21-17/h3,5,7-9,17-18H,2,4,6,10-13H2,1H3/t17-/m1/s1. The molecule has 1 aliphatic rings. The summed E-state index contributed by atoms with van der Waals surface area (Å²) in [5, 5.41) is 3.52. The van der Waals surface area contributed by atoms with Gasteiger partial charge < -0.3 is 19.0 Å². The molecule has 1 fully saturated rings. The van der Waals surface area contributed by atoms with Gasteiger partial charge in [0.1, 0.15) is 5.76 Å². The van der Waals surface area contributed by atoms with Crippen molar-refractivity contribution in [1.29, 1.82) is 0 Å². The van der Waals surface area contributed by atoms with Crippen molar-refractivity contribution in [1.82, 2.24) is 9.88 Å². The number of hydrogen-bond donors (Lipinski definition) is 1. The molecule has 4 nitrogen and oxygen atoms in total. The lowest BCUT2D eigenvalue weighted by Crippen LogP contribution is -2.26. The molecule has 1 aliphatic heterocycles. The fourth-order valence-electron chi connectivity index (χ4n) is 3.03. The molecule has 0 spiro atoms. The molecule has 3 heterocycles. The van der Waals surface area contributed by atoms with E-state index < -0.39 is 0 Å². The van der Waals surface area contributed by atoms with E-state index in [1.807, 2.05) is 12.1 Å². The summed E-state index contributed by atoms with van der Waals surface area (Å²) in [5.74, 6) is 1.02. The third kappa shape index (κ3) is 3.57. The highest BCUT2D eigenvalue weighted by Gasteiger charge is 2.15. The van der Waals surface area contributed by atoms with E-state index in [2.05, 4.69) is 28.9 Å². The number of furan rings is 1. The SMILES string of the molecule is CCn1c(CNC[C@H]2CCCO2)ccc1Cc1ccco1. The topological polar surface area (TPSA) is 39.3 Å². The zero-order chi connectivity index (χ0) is 14.5. The van der Waals surface area contributed by atoms with Crippen LogP contribution in [-0.4, -0.2) is 23.8 Å². The van der Waals surface area contributed by atoms with Crippen LogP contribution < -0.4 is 5.32 Å². The summed E-state index contributed by atoms with van der Waals surface area (Å²) >= 11 is 0. The molecule has 0 amide bonds. The van der Waals surface area contributed by atoms with Crippen LogP contribution in [0, 0.1) is 0 Å². The third-order valence-electron chi connectivity index (χ3n) is 4.12. The summed E-state index contributed by atoms with van der Waals surface area (Å²) in [6, 6.07) is 8.39. The van der Waals surface area contributed by atoms with Gasteiger partial charge in [-0.25, -0.2) is 0 Å². The van der Waals surface area contributed by atoms with Crippen molar-refractivity contribution < 1.29 is 9.15 Å².